The molecule has 1 aliphatic carbocycles. The summed E-state index contributed by atoms with van der Waals surface area (Å²) in [5, 5.41) is 2.28. The van der Waals surface area contributed by atoms with Crippen molar-refractivity contribution in [3.63, 3.8) is 0 Å². The number of nitrogens with one attached hydrogen (secondary N) is 1. The van der Waals surface area contributed by atoms with Crippen molar-refractivity contribution < 1.29 is 23.9 Å². The molecule has 0 radical (unpaired) electrons. The van der Waals surface area contributed by atoms with Crippen molar-refractivity contribution in [3.05, 3.63) is 29.3 Å². The Morgan fingerprint density at radius 3 is 2.48 bits per heavy atom. The molecule has 4 amide bonds. The summed E-state index contributed by atoms with van der Waals surface area (Å²) in [6.45, 7) is 3.82. The zero-order valence-corrected chi connectivity index (χ0v) is 15.8. The Hall–Kier alpha value is -2.83. The molecule has 0 atom stereocenters. The molecule has 0 bridgehead atoms. The van der Waals surface area contributed by atoms with Crippen molar-refractivity contribution in [1.29, 1.82) is 0 Å². The molecule has 0 spiro atoms. The van der Waals surface area contributed by atoms with Gasteiger partial charge in [0.2, 0.25) is 0 Å². The summed E-state index contributed by atoms with van der Waals surface area (Å²) in [5.41, 5.74) is 0.559. The minimum absolute atomic E-state index is 0.0141. The smallest absolute Gasteiger partial charge is 0.331 e. The zero-order chi connectivity index (χ0) is 19.6. The van der Waals surface area contributed by atoms with Crippen molar-refractivity contribution in [1.82, 2.24) is 10.2 Å². The number of hydrogen-bond acceptors (Lipinski definition) is 5. The molecule has 27 heavy (non-hydrogen) atoms. The number of methoxy groups -OCH3 is 1. The molecule has 1 aromatic rings. The molecule has 144 valence electrons. The summed E-state index contributed by atoms with van der Waals surface area (Å²) in [7, 11) is 1.53. The van der Waals surface area contributed by atoms with Crippen LogP contribution in [0.15, 0.2) is 23.8 Å². The van der Waals surface area contributed by atoms with Gasteiger partial charge in [-0.15, -0.1) is 0 Å². The zero-order valence-electron chi connectivity index (χ0n) is 15.8. The third-order valence-electron chi connectivity index (χ3n) is 4.68. The van der Waals surface area contributed by atoms with Gasteiger partial charge in [0, 0.05) is 6.04 Å². The fourth-order valence-electron chi connectivity index (χ4n) is 3.46. The molecule has 1 heterocycles. The van der Waals surface area contributed by atoms with Gasteiger partial charge in [-0.3, -0.25) is 19.8 Å². The number of benzene rings is 1. The Kier molecular flexibility index (Phi) is 5.48. The van der Waals surface area contributed by atoms with Crippen LogP contribution in [0.4, 0.5) is 4.79 Å². The fraction of sp³-hybridized carbons (Fsp3) is 0.450. The van der Waals surface area contributed by atoms with Gasteiger partial charge >= 0.3 is 6.03 Å². The number of hydrogen-bond donors (Lipinski definition) is 1. The van der Waals surface area contributed by atoms with E-state index in [-0.39, 0.29) is 17.7 Å². The lowest BCUT2D eigenvalue weighted by molar-refractivity contribution is -0.131. The van der Waals surface area contributed by atoms with E-state index in [1.54, 1.807) is 18.2 Å². The number of rotatable bonds is 5. The van der Waals surface area contributed by atoms with E-state index < -0.39 is 17.8 Å². The Morgan fingerprint density at radius 1 is 1.15 bits per heavy atom. The third kappa shape index (κ3) is 3.97. The predicted octanol–water partition coefficient (Wildman–Crippen LogP) is 2.89. The van der Waals surface area contributed by atoms with Crippen molar-refractivity contribution in [2.75, 3.05) is 7.11 Å². The van der Waals surface area contributed by atoms with Crippen LogP contribution in [0.1, 0.15) is 45.1 Å². The highest BCUT2D eigenvalue weighted by Gasteiger charge is 2.40. The molecule has 3 rings (SSSR count). The lowest BCUT2D eigenvalue weighted by Crippen LogP contribution is -2.57. The predicted molar refractivity (Wildman–Crippen MR) is 99.4 cm³/mol. The van der Waals surface area contributed by atoms with Crippen LogP contribution in [0, 0.1) is 0 Å². The van der Waals surface area contributed by atoms with Crippen LogP contribution in [0.5, 0.6) is 11.5 Å². The third-order valence-corrected chi connectivity index (χ3v) is 4.68. The molecule has 0 aromatic heterocycles. The molecule has 1 aromatic carbocycles. The summed E-state index contributed by atoms with van der Waals surface area (Å²) < 4.78 is 11.0. The summed E-state index contributed by atoms with van der Waals surface area (Å²) in [6.07, 6.45) is 4.96. The SMILES string of the molecule is COc1cc(/C=C2\C(=O)NC(=O)N(C3CCCC3)C2=O)ccc1OC(C)C. The van der Waals surface area contributed by atoms with Crippen LogP contribution in [0.2, 0.25) is 0 Å². The first kappa shape index (κ1) is 18.9. The highest BCUT2D eigenvalue weighted by molar-refractivity contribution is 6.31. The fourth-order valence-corrected chi connectivity index (χ4v) is 3.46. The van der Waals surface area contributed by atoms with Crippen LogP contribution in [-0.2, 0) is 9.59 Å². The molecule has 7 heteroatoms. The number of imide groups is 2. The highest BCUT2D eigenvalue weighted by Crippen LogP contribution is 2.31. The molecule has 0 unspecified atom stereocenters. The minimum atomic E-state index is -0.680. The van der Waals surface area contributed by atoms with E-state index in [1.807, 2.05) is 13.8 Å². The molecule has 2 fully saturated rings. The maximum atomic E-state index is 12.8. The van der Waals surface area contributed by atoms with E-state index in [1.165, 1.54) is 18.1 Å². The van der Waals surface area contributed by atoms with Crippen molar-refractivity contribution in [2.45, 2.75) is 51.7 Å². The van der Waals surface area contributed by atoms with Crippen molar-refractivity contribution in [3.8, 4) is 11.5 Å². The Labute approximate surface area is 158 Å². The summed E-state index contributed by atoms with van der Waals surface area (Å²) >= 11 is 0. The molecule has 1 N–H and O–H groups in total. The van der Waals surface area contributed by atoms with E-state index >= 15 is 0 Å². The van der Waals surface area contributed by atoms with Crippen LogP contribution in [0.25, 0.3) is 6.08 Å². The number of nitrogens with zero attached hydrogens (tertiary/aromatic N) is 1. The monoisotopic (exact) mass is 372 g/mol. The topological polar surface area (TPSA) is 84.9 Å². The van der Waals surface area contributed by atoms with E-state index in [4.69, 9.17) is 9.47 Å². The quantitative estimate of drug-likeness (QED) is 0.635. The normalized spacial score (nSPS) is 19.8. The molecule has 1 aliphatic heterocycles. The number of carbonyl (C=O) groups is 3. The van der Waals surface area contributed by atoms with Gasteiger partial charge in [0.25, 0.3) is 11.8 Å². The second kappa shape index (κ2) is 7.82. The van der Waals surface area contributed by atoms with Crippen LogP contribution in [0.3, 0.4) is 0 Å². The molecule has 1 saturated carbocycles. The van der Waals surface area contributed by atoms with Crippen molar-refractivity contribution in [2.24, 2.45) is 0 Å². The standard InChI is InChI=1S/C20H24N2O5/c1-12(2)27-16-9-8-13(11-17(16)26-3)10-15-18(23)21-20(25)22(19(15)24)14-6-4-5-7-14/h8-12,14H,4-7H2,1-3H3,(H,21,23,25)/b15-10+. The number of amides is 4. The average molecular weight is 372 g/mol. The molecule has 1 saturated heterocycles. The van der Waals surface area contributed by atoms with Gasteiger partial charge in [0.15, 0.2) is 11.5 Å². The summed E-state index contributed by atoms with van der Waals surface area (Å²) in [4.78, 5) is 38.4. The van der Waals surface area contributed by atoms with Crippen LogP contribution >= 0.6 is 0 Å². The van der Waals surface area contributed by atoms with Gasteiger partial charge in [-0.1, -0.05) is 18.9 Å². The Bertz CT molecular complexity index is 794. The first-order valence-electron chi connectivity index (χ1n) is 9.16. The summed E-state index contributed by atoms with van der Waals surface area (Å²) in [5.74, 6) is -0.139. The average Bonchev–Trinajstić information content (AvgIpc) is 3.13. The largest absolute Gasteiger partial charge is 0.493 e. The van der Waals surface area contributed by atoms with E-state index in [2.05, 4.69) is 5.32 Å². The molecular weight excluding hydrogens is 348 g/mol. The van der Waals surface area contributed by atoms with Gasteiger partial charge in [-0.25, -0.2) is 4.79 Å². The van der Waals surface area contributed by atoms with Gasteiger partial charge in [0.05, 0.1) is 13.2 Å². The lowest BCUT2D eigenvalue weighted by atomic mass is 10.0. The van der Waals surface area contributed by atoms with Crippen LogP contribution < -0.4 is 14.8 Å². The number of barbiturate groups is 1. The van der Waals surface area contributed by atoms with E-state index in [0.717, 1.165) is 25.7 Å². The second-order valence-electron chi connectivity index (χ2n) is 7.01. The maximum Gasteiger partial charge on any atom is 0.331 e. The summed E-state index contributed by atoms with van der Waals surface area (Å²) in [6, 6.07) is 4.39. The minimum Gasteiger partial charge on any atom is -0.493 e. The van der Waals surface area contributed by atoms with Gasteiger partial charge in [-0.2, -0.15) is 0 Å². The molecular formula is C20H24N2O5. The van der Waals surface area contributed by atoms with Gasteiger partial charge in [0.1, 0.15) is 5.57 Å². The van der Waals surface area contributed by atoms with Gasteiger partial charge in [-0.05, 0) is 50.5 Å². The molecule has 7 nitrogen and oxygen atoms in total. The first-order chi connectivity index (χ1) is 12.9. The Balaban J connectivity index is 1.91. The Morgan fingerprint density at radius 2 is 1.85 bits per heavy atom. The number of urea groups is 1. The van der Waals surface area contributed by atoms with Crippen molar-refractivity contribution >= 4 is 23.9 Å². The number of carbonyl (C=O) groups excluding carboxylic acids is 3. The van der Waals surface area contributed by atoms with E-state index in [0.29, 0.717) is 17.1 Å². The molecule has 2 aliphatic rings. The highest BCUT2D eigenvalue weighted by atomic mass is 16.5. The second-order valence-corrected chi connectivity index (χ2v) is 7.01. The number of ether oxygens (including phenoxy) is 2. The lowest BCUT2D eigenvalue weighted by Gasteiger charge is -2.31. The maximum absolute atomic E-state index is 12.8. The first-order valence-corrected chi connectivity index (χ1v) is 9.16. The van der Waals surface area contributed by atoms with E-state index in [9.17, 15) is 14.4 Å². The van der Waals surface area contributed by atoms with Crippen LogP contribution in [-0.4, -0.2) is 42.0 Å². The van der Waals surface area contributed by atoms with Gasteiger partial charge < -0.3 is 9.47 Å².